The first kappa shape index (κ1) is 14.9. The van der Waals surface area contributed by atoms with Crippen molar-refractivity contribution in [2.45, 2.75) is 37.8 Å². The molecule has 114 valence electrons. The van der Waals surface area contributed by atoms with Gasteiger partial charge in [0.2, 0.25) is 0 Å². The molecule has 0 spiro atoms. The van der Waals surface area contributed by atoms with Crippen molar-refractivity contribution in [3.8, 4) is 0 Å². The zero-order valence-electron chi connectivity index (χ0n) is 12.6. The van der Waals surface area contributed by atoms with Gasteiger partial charge in [0.15, 0.2) is 0 Å². The van der Waals surface area contributed by atoms with Gasteiger partial charge in [-0.05, 0) is 37.9 Å². The molecule has 2 unspecified atom stereocenters. The monoisotopic (exact) mass is 303 g/mol. The van der Waals surface area contributed by atoms with E-state index in [9.17, 15) is 0 Å². The van der Waals surface area contributed by atoms with Crippen LogP contribution in [-0.4, -0.2) is 47.0 Å². The Labute approximate surface area is 133 Å². The Bertz CT molecular complexity index is 476. The molecule has 2 N–H and O–H groups in total. The minimum Gasteiger partial charge on any atom is -0.393 e. The van der Waals surface area contributed by atoms with Gasteiger partial charge in [-0.2, -0.15) is 0 Å². The molecule has 3 nitrogen and oxygen atoms in total. The van der Waals surface area contributed by atoms with Crippen LogP contribution in [0.4, 0.5) is 0 Å². The van der Waals surface area contributed by atoms with Crippen LogP contribution in [0.2, 0.25) is 0 Å². The maximum absolute atomic E-state index is 5.88. The van der Waals surface area contributed by atoms with Crippen molar-refractivity contribution < 1.29 is 0 Å². The van der Waals surface area contributed by atoms with Crippen molar-refractivity contribution in [2.75, 3.05) is 26.2 Å². The molecule has 0 aliphatic carbocycles. The zero-order valence-corrected chi connectivity index (χ0v) is 13.4. The summed E-state index contributed by atoms with van der Waals surface area (Å²) >= 11 is 5.21. The summed E-state index contributed by atoms with van der Waals surface area (Å²) in [5.74, 6) is 0. The molecule has 1 aromatic rings. The lowest BCUT2D eigenvalue weighted by Crippen LogP contribution is -2.39. The van der Waals surface area contributed by atoms with E-state index < -0.39 is 0 Å². The molecule has 21 heavy (non-hydrogen) atoms. The molecule has 3 rings (SSSR count). The van der Waals surface area contributed by atoms with Crippen molar-refractivity contribution in [3.63, 3.8) is 0 Å². The summed E-state index contributed by atoms with van der Waals surface area (Å²) in [5.41, 5.74) is 7.22. The van der Waals surface area contributed by atoms with Gasteiger partial charge in [-0.1, -0.05) is 42.5 Å². The summed E-state index contributed by atoms with van der Waals surface area (Å²) in [6.45, 7) is 4.83. The highest BCUT2D eigenvalue weighted by Crippen LogP contribution is 2.29. The van der Waals surface area contributed by atoms with Gasteiger partial charge in [0.1, 0.15) is 0 Å². The number of nitrogens with zero attached hydrogens (tertiary/aromatic N) is 2. The fourth-order valence-electron chi connectivity index (χ4n) is 3.84. The summed E-state index contributed by atoms with van der Waals surface area (Å²) in [4.78, 5) is 5.91. The van der Waals surface area contributed by atoms with Gasteiger partial charge < -0.3 is 5.73 Å². The van der Waals surface area contributed by atoms with Crippen LogP contribution in [0.15, 0.2) is 30.3 Å². The second kappa shape index (κ2) is 6.86. The number of hydrogen-bond donors (Lipinski definition) is 1. The molecule has 0 amide bonds. The highest BCUT2D eigenvalue weighted by molar-refractivity contribution is 7.80. The largest absolute Gasteiger partial charge is 0.393 e. The molecule has 0 radical (unpaired) electrons. The summed E-state index contributed by atoms with van der Waals surface area (Å²) in [6.07, 6.45) is 4.72. The van der Waals surface area contributed by atoms with E-state index in [4.69, 9.17) is 18.0 Å². The van der Waals surface area contributed by atoms with Crippen molar-refractivity contribution in [3.05, 3.63) is 35.9 Å². The second-order valence-electron chi connectivity index (χ2n) is 6.28. The van der Waals surface area contributed by atoms with Gasteiger partial charge in [0.05, 0.1) is 4.99 Å². The molecule has 1 aromatic carbocycles. The highest BCUT2D eigenvalue weighted by atomic mass is 32.1. The summed E-state index contributed by atoms with van der Waals surface area (Å²) in [6, 6.07) is 11.8. The maximum Gasteiger partial charge on any atom is 0.0746 e. The van der Waals surface area contributed by atoms with Crippen molar-refractivity contribution in [2.24, 2.45) is 5.73 Å². The smallest absolute Gasteiger partial charge is 0.0746 e. The number of rotatable bonds is 4. The van der Waals surface area contributed by atoms with Gasteiger partial charge >= 0.3 is 0 Å². The predicted octanol–water partition coefficient (Wildman–Crippen LogP) is 2.57. The quantitative estimate of drug-likeness (QED) is 0.867. The zero-order chi connectivity index (χ0) is 14.7. The number of fused-ring (bicyclic) bond motifs is 1. The van der Waals surface area contributed by atoms with E-state index in [1.807, 2.05) is 0 Å². The van der Waals surface area contributed by atoms with Crippen LogP contribution >= 0.6 is 12.2 Å². The van der Waals surface area contributed by atoms with E-state index in [1.165, 1.54) is 37.9 Å². The number of thiocarbonyl (C=S) groups is 1. The minimum atomic E-state index is 0.337. The molecule has 2 saturated heterocycles. The van der Waals surface area contributed by atoms with E-state index >= 15 is 0 Å². The van der Waals surface area contributed by atoms with Crippen LogP contribution in [0.25, 0.3) is 0 Å². The lowest BCUT2D eigenvalue weighted by atomic mass is 10.0. The molecular weight excluding hydrogens is 278 g/mol. The lowest BCUT2D eigenvalue weighted by Gasteiger charge is -2.33. The van der Waals surface area contributed by atoms with E-state index in [-0.39, 0.29) is 0 Å². The first-order chi connectivity index (χ1) is 10.2. The Morgan fingerprint density at radius 3 is 2.71 bits per heavy atom. The molecule has 2 atom stereocenters. The third-order valence-electron chi connectivity index (χ3n) is 4.85. The molecule has 0 bridgehead atoms. The van der Waals surface area contributed by atoms with Crippen LogP contribution in [-0.2, 0) is 0 Å². The predicted molar refractivity (Wildman–Crippen MR) is 91.4 cm³/mol. The lowest BCUT2D eigenvalue weighted by molar-refractivity contribution is 0.176. The standard InChI is InChI=1S/C17H25N3S/c18-17(21)12-16(14-6-2-1-3-7-14)20-11-5-10-19-9-4-8-15(19)13-20/h1-3,6-7,15-16H,4-5,8-13H2,(H2,18,21). The average Bonchev–Trinajstić information content (AvgIpc) is 2.83. The molecular formula is C17H25N3S. The van der Waals surface area contributed by atoms with E-state index in [2.05, 4.69) is 40.1 Å². The normalized spacial score (nSPS) is 25.2. The Morgan fingerprint density at radius 1 is 1.19 bits per heavy atom. The van der Waals surface area contributed by atoms with E-state index in [1.54, 1.807) is 0 Å². The third-order valence-corrected chi connectivity index (χ3v) is 5.02. The Balaban J connectivity index is 1.80. The van der Waals surface area contributed by atoms with Crippen LogP contribution in [0.3, 0.4) is 0 Å². The van der Waals surface area contributed by atoms with Crippen molar-refractivity contribution >= 4 is 17.2 Å². The molecule has 2 aliphatic heterocycles. The maximum atomic E-state index is 5.88. The highest BCUT2D eigenvalue weighted by Gasteiger charge is 2.32. The Morgan fingerprint density at radius 2 is 1.95 bits per heavy atom. The first-order valence-electron chi connectivity index (χ1n) is 8.05. The minimum absolute atomic E-state index is 0.337. The molecule has 0 aromatic heterocycles. The molecule has 2 aliphatic rings. The summed E-state index contributed by atoms with van der Waals surface area (Å²) in [5, 5.41) is 0. The van der Waals surface area contributed by atoms with Crippen molar-refractivity contribution in [1.82, 2.24) is 9.80 Å². The van der Waals surface area contributed by atoms with E-state index in [0.717, 1.165) is 25.6 Å². The van der Waals surface area contributed by atoms with Gasteiger partial charge in [0, 0.05) is 31.6 Å². The molecule has 2 fully saturated rings. The molecule has 4 heteroatoms. The third kappa shape index (κ3) is 3.62. The summed E-state index contributed by atoms with van der Waals surface area (Å²) in [7, 11) is 0. The SMILES string of the molecule is NC(=S)CC(c1ccccc1)N1CCCN2CCCC2C1. The van der Waals surface area contributed by atoms with Gasteiger partial charge in [-0.15, -0.1) is 0 Å². The molecule has 2 heterocycles. The van der Waals surface area contributed by atoms with Crippen molar-refractivity contribution in [1.29, 1.82) is 0 Å². The second-order valence-corrected chi connectivity index (χ2v) is 6.80. The Kier molecular flexibility index (Phi) is 4.88. The van der Waals surface area contributed by atoms with Crippen LogP contribution < -0.4 is 5.73 Å². The number of benzene rings is 1. The number of nitrogens with two attached hydrogens (primary N) is 1. The number of hydrogen-bond acceptors (Lipinski definition) is 3. The Hall–Kier alpha value is -0.970. The molecule has 0 saturated carbocycles. The van der Waals surface area contributed by atoms with Crippen LogP contribution in [0.5, 0.6) is 0 Å². The van der Waals surface area contributed by atoms with E-state index in [0.29, 0.717) is 11.0 Å². The van der Waals surface area contributed by atoms with Gasteiger partial charge in [-0.25, -0.2) is 0 Å². The fraction of sp³-hybridized carbons (Fsp3) is 0.588. The van der Waals surface area contributed by atoms with Crippen LogP contribution in [0.1, 0.15) is 37.3 Å². The fourth-order valence-corrected chi connectivity index (χ4v) is 4.00. The first-order valence-corrected chi connectivity index (χ1v) is 8.46. The van der Waals surface area contributed by atoms with Gasteiger partial charge in [0.25, 0.3) is 0 Å². The summed E-state index contributed by atoms with van der Waals surface area (Å²) < 4.78 is 0. The topological polar surface area (TPSA) is 32.5 Å². The average molecular weight is 303 g/mol. The van der Waals surface area contributed by atoms with Crippen LogP contribution in [0, 0.1) is 0 Å². The van der Waals surface area contributed by atoms with Gasteiger partial charge in [-0.3, -0.25) is 9.80 Å².